The number of ketones is 1. The van der Waals surface area contributed by atoms with Crippen molar-refractivity contribution in [2.45, 2.75) is 155 Å². The SMILES string of the molecule is CCC(CC)(CC)C(=O)/C=C(\O)C(C)(CC)CC.[2H]c1nc2c3c(cc(CC(C)(C)C)cc3c1[2H])Oc1c-2[c-]c2cc(CC(C)(C)C)ccc2c1CC(C)(C)C.[Ir]. The monoisotopic (exact) mass is 928 g/mol. The molecule has 0 unspecified atom stereocenters. The van der Waals surface area contributed by atoms with Crippen LogP contribution in [0.2, 0.25) is 0 Å². The molecule has 2 heterocycles. The number of fused-ring (bicyclic) bond motifs is 3. The second-order valence-corrected chi connectivity index (χ2v) is 19.7. The van der Waals surface area contributed by atoms with Gasteiger partial charge in [0.05, 0.1) is 8.49 Å². The third-order valence-corrected chi connectivity index (χ3v) is 11.6. The van der Waals surface area contributed by atoms with Gasteiger partial charge in [-0.25, -0.2) is 0 Å². The zero-order chi connectivity index (χ0) is 42.2. The van der Waals surface area contributed by atoms with Gasteiger partial charge in [-0.1, -0.05) is 144 Å². The second-order valence-electron chi connectivity index (χ2n) is 19.7. The van der Waals surface area contributed by atoms with E-state index in [9.17, 15) is 9.90 Å². The number of allylic oxidation sites excluding steroid dienone is 2. The fourth-order valence-electron chi connectivity index (χ4n) is 7.77. The quantitative estimate of drug-likeness (QED) is 0.0814. The maximum absolute atomic E-state index is 12.4. The Kier molecular flexibility index (Phi) is 13.8. The Bertz CT molecular complexity index is 2100. The van der Waals surface area contributed by atoms with Crippen LogP contribution in [-0.4, -0.2) is 15.9 Å². The Hall–Kier alpha value is -3.01. The maximum Gasteiger partial charge on any atom is 0.165 e. The van der Waals surface area contributed by atoms with Crippen LogP contribution in [0.5, 0.6) is 11.5 Å². The van der Waals surface area contributed by atoms with Gasteiger partial charge in [-0.15, -0.1) is 17.5 Å². The van der Waals surface area contributed by atoms with Gasteiger partial charge in [0.25, 0.3) is 0 Å². The molecular weight excluding hydrogens is 855 g/mol. The van der Waals surface area contributed by atoms with Crippen molar-refractivity contribution < 1.29 is 37.5 Å². The van der Waals surface area contributed by atoms with Crippen molar-refractivity contribution in [2.24, 2.45) is 27.1 Å². The van der Waals surface area contributed by atoms with Crippen LogP contribution >= 0.6 is 0 Å². The number of benzene rings is 3. The van der Waals surface area contributed by atoms with E-state index in [0.29, 0.717) is 5.69 Å². The summed E-state index contributed by atoms with van der Waals surface area (Å²) >= 11 is 0. The summed E-state index contributed by atoms with van der Waals surface area (Å²) in [6, 6.07) is 14.7. The third-order valence-electron chi connectivity index (χ3n) is 11.6. The van der Waals surface area contributed by atoms with E-state index in [1.165, 1.54) is 11.6 Å². The third kappa shape index (κ3) is 10.9. The summed E-state index contributed by atoms with van der Waals surface area (Å²) in [5.41, 5.74) is 4.81. The predicted molar refractivity (Wildman–Crippen MR) is 231 cm³/mol. The average Bonchev–Trinajstić information content (AvgIpc) is 3.09. The molecule has 303 valence electrons. The van der Waals surface area contributed by atoms with Crippen molar-refractivity contribution >= 4 is 27.3 Å². The zero-order valence-electron chi connectivity index (χ0n) is 38.7. The average molecular weight is 927 g/mol. The van der Waals surface area contributed by atoms with Crippen LogP contribution in [-0.2, 0) is 44.2 Å². The Labute approximate surface area is 350 Å². The number of hydrogen-bond acceptors (Lipinski definition) is 4. The molecule has 0 saturated heterocycles. The molecule has 0 atom stereocenters. The standard InChI is InChI=1S/C34H40NO.C16H30O2.Ir/c1-32(2,3)18-21-10-11-25-24(14-21)17-26-30-29-23(12-13-35-30)15-22(19-33(4,5)6)16-28(29)36-31(26)27(25)20-34(7,8)9;1-7-15(6,8-2)13(17)12-14(18)16(9-3,10-4)11-5;/h10-16H,18-20H2,1-9H3;12,17H,7-11H2,1-6H3;/q-1;;/b;13-12-;/i12D,13D;;. The molecule has 4 aromatic rings. The van der Waals surface area contributed by atoms with E-state index < -0.39 is 0 Å². The van der Waals surface area contributed by atoms with Crippen LogP contribution in [0.25, 0.3) is 32.8 Å². The molecule has 1 aliphatic rings. The number of carbonyl (C=O) groups excluding carboxylic acids is 1. The number of hydrogen-bond donors (Lipinski definition) is 1. The summed E-state index contributed by atoms with van der Waals surface area (Å²) in [4.78, 5) is 17.1. The van der Waals surface area contributed by atoms with Crippen LogP contribution in [0.4, 0.5) is 0 Å². The van der Waals surface area contributed by atoms with Gasteiger partial charge in [-0.05, 0) is 90.7 Å². The molecule has 4 nitrogen and oxygen atoms in total. The number of rotatable bonds is 11. The van der Waals surface area contributed by atoms with Crippen molar-refractivity contribution in [3.63, 3.8) is 0 Å². The van der Waals surface area contributed by atoms with E-state index in [1.54, 1.807) is 0 Å². The van der Waals surface area contributed by atoms with Crippen LogP contribution in [0, 0.1) is 33.1 Å². The first kappa shape index (κ1) is 43.1. The number of nitrogens with zero attached hydrogens (tertiary/aromatic N) is 1. The smallest absolute Gasteiger partial charge is 0.165 e. The Morgan fingerprint density at radius 2 is 1.36 bits per heavy atom. The molecule has 1 aromatic heterocycles. The van der Waals surface area contributed by atoms with E-state index in [2.05, 4.69) is 124 Å². The van der Waals surface area contributed by atoms with Gasteiger partial charge in [0.15, 0.2) is 5.78 Å². The Balaban J connectivity index is 0.000000390. The first-order valence-corrected chi connectivity index (χ1v) is 20.4. The number of pyridine rings is 1. The first-order valence-electron chi connectivity index (χ1n) is 21.4. The van der Waals surface area contributed by atoms with Gasteiger partial charge in [0.2, 0.25) is 0 Å². The molecule has 55 heavy (non-hydrogen) atoms. The number of aromatic nitrogens is 1. The summed E-state index contributed by atoms with van der Waals surface area (Å²) in [6.45, 7) is 32.4. The summed E-state index contributed by atoms with van der Waals surface area (Å²) in [6.07, 6.45) is 8.33. The van der Waals surface area contributed by atoms with Crippen LogP contribution in [0.15, 0.2) is 54.4 Å². The Morgan fingerprint density at radius 3 is 1.89 bits per heavy atom. The number of ether oxygens (including phenoxy) is 1. The summed E-state index contributed by atoms with van der Waals surface area (Å²) in [5, 5.41) is 14.0. The minimum Gasteiger partial charge on any atom is -0.512 e. The van der Waals surface area contributed by atoms with E-state index in [1.807, 2.05) is 20.8 Å². The van der Waals surface area contributed by atoms with Crippen LogP contribution in [0.1, 0.15) is 155 Å². The van der Waals surface area contributed by atoms with Gasteiger partial charge in [0, 0.05) is 54.3 Å². The van der Waals surface area contributed by atoms with E-state index >= 15 is 0 Å². The van der Waals surface area contributed by atoms with Crippen molar-refractivity contribution in [2.75, 3.05) is 0 Å². The van der Waals surface area contributed by atoms with E-state index in [4.69, 9.17) is 7.48 Å². The van der Waals surface area contributed by atoms with Crippen molar-refractivity contribution in [1.29, 1.82) is 0 Å². The van der Waals surface area contributed by atoms with Crippen molar-refractivity contribution in [1.82, 2.24) is 4.98 Å². The number of carbonyl (C=O) groups is 1. The van der Waals surface area contributed by atoms with Gasteiger partial charge < -0.3 is 9.84 Å². The van der Waals surface area contributed by atoms with Gasteiger partial charge in [-0.2, -0.15) is 0 Å². The normalized spacial score (nSPS) is 14.0. The number of aliphatic hydroxyl groups excluding tert-OH is 1. The van der Waals surface area contributed by atoms with Gasteiger partial charge >= 0.3 is 0 Å². The molecule has 1 radical (unpaired) electrons. The molecule has 0 bridgehead atoms. The molecule has 3 aromatic carbocycles. The molecule has 1 aliphatic heterocycles. The van der Waals surface area contributed by atoms with Crippen molar-refractivity contribution in [3.8, 4) is 22.8 Å². The fraction of sp³-hybridized carbons (Fsp3) is 0.560. The van der Waals surface area contributed by atoms with Crippen LogP contribution in [0.3, 0.4) is 0 Å². The molecule has 0 fully saturated rings. The molecule has 5 rings (SSSR count). The second kappa shape index (κ2) is 17.6. The molecule has 0 saturated carbocycles. The maximum atomic E-state index is 12.4. The largest absolute Gasteiger partial charge is 0.512 e. The fourth-order valence-corrected chi connectivity index (χ4v) is 7.77. The molecule has 0 amide bonds. The molecule has 0 spiro atoms. The molecule has 5 heteroatoms. The first-order chi connectivity index (χ1) is 25.8. The summed E-state index contributed by atoms with van der Waals surface area (Å²) in [5.74, 6) is 1.86. The van der Waals surface area contributed by atoms with Crippen molar-refractivity contribution in [3.05, 3.63) is 77.1 Å². The molecule has 0 aliphatic carbocycles. The van der Waals surface area contributed by atoms with Gasteiger partial charge in [0.1, 0.15) is 11.5 Å². The number of aliphatic hydroxyl groups is 1. The van der Waals surface area contributed by atoms with Crippen LogP contribution < -0.4 is 4.74 Å². The molecular formula is C50H70IrNO3-. The molecule has 1 N–H and O–H groups in total. The minimum atomic E-state index is -0.295. The Morgan fingerprint density at radius 1 is 0.800 bits per heavy atom. The van der Waals surface area contributed by atoms with E-state index in [0.717, 1.165) is 101 Å². The van der Waals surface area contributed by atoms with E-state index in [-0.39, 0.29) is 70.9 Å². The summed E-state index contributed by atoms with van der Waals surface area (Å²) < 4.78 is 24.0. The minimum absolute atomic E-state index is 0. The zero-order valence-corrected chi connectivity index (χ0v) is 39.1. The predicted octanol–water partition coefficient (Wildman–Crippen LogP) is 14.8. The van der Waals surface area contributed by atoms with Gasteiger partial charge in [-0.3, -0.25) is 9.78 Å². The topological polar surface area (TPSA) is 59.4 Å². The summed E-state index contributed by atoms with van der Waals surface area (Å²) in [7, 11) is 0.